The van der Waals surface area contributed by atoms with Crippen molar-refractivity contribution in [3.05, 3.63) is 46.8 Å². The van der Waals surface area contributed by atoms with Crippen molar-refractivity contribution in [1.82, 2.24) is 19.9 Å². The fourth-order valence-electron chi connectivity index (χ4n) is 4.44. The molecule has 140 valence electrons. The minimum absolute atomic E-state index is 0.183. The van der Waals surface area contributed by atoms with E-state index in [-0.39, 0.29) is 6.04 Å². The average molecular weight is 362 g/mol. The highest BCUT2D eigenvalue weighted by molar-refractivity contribution is 5.79. The molecule has 27 heavy (non-hydrogen) atoms. The minimum Gasteiger partial charge on any atom is -0.384 e. The number of aryl methyl sites for hydroxylation is 1. The second-order valence-electron chi connectivity index (χ2n) is 8.00. The lowest BCUT2D eigenvalue weighted by Gasteiger charge is -2.35. The van der Waals surface area contributed by atoms with Gasteiger partial charge in [0.15, 0.2) is 5.65 Å². The fourth-order valence-corrected chi connectivity index (χ4v) is 4.44. The molecule has 1 unspecified atom stereocenters. The van der Waals surface area contributed by atoms with E-state index in [0.717, 1.165) is 35.9 Å². The van der Waals surface area contributed by atoms with Gasteiger partial charge in [-0.2, -0.15) is 0 Å². The smallest absolute Gasteiger partial charge is 0.180 e. The van der Waals surface area contributed by atoms with Crippen LogP contribution >= 0.6 is 0 Å². The predicted molar refractivity (Wildman–Crippen MR) is 109 cm³/mol. The Balaban J connectivity index is 1.46. The highest BCUT2D eigenvalue weighted by Gasteiger charge is 2.28. The van der Waals surface area contributed by atoms with Crippen LogP contribution in [0.5, 0.6) is 0 Å². The average Bonchev–Trinajstić information content (AvgIpc) is 3.15. The number of aromatic amines is 1. The van der Waals surface area contributed by atoms with Crippen molar-refractivity contribution in [2.75, 3.05) is 18.1 Å². The number of aromatic nitrogens is 3. The highest BCUT2D eigenvalue weighted by Crippen LogP contribution is 2.39. The van der Waals surface area contributed by atoms with Crippen LogP contribution in [0.4, 0.5) is 11.5 Å². The van der Waals surface area contributed by atoms with Crippen molar-refractivity contribution < 1.29 is 0 Å². The van der Waals surface area contributed by atoms with E-state index in [9.17, 15) is 0 Å². The molecule has 0 spiro atoms. The Hall–Kier alpha value is -2.60. The Bertz CT molecular complexity index is 1000. The molecule has 3 heterocycles. The summed E-state index contributed by atoms with van der Waals surface area (Å²) in [5.41, 5.74) is 13.0. The van der Waals surface area contributed by atoms with Crippen molar-refractivity contribution in [3.63, 3.8) is 0 Å². The van der Waals surface area contributed by atoms with Crippen LogP contribution < -0.4 is 11.1 Å². The molecule has 0 amide bonds. The van der Waals surface area contributed by atoms with E-state index in [0.29, 0.717) is 11.5 Å². The van der Waals surface area contributed by atoms with Gasteiger partial charge in [0.25, 0.3) is 0 Å². The van der Waals surface area contributed by atoms with Crippen LogP contribution in [0.25, 0.3) is 11.2 Å². The maximum atomic E-state index is 6.06. The van der Waals surface area contributed by atoms with E-state index >= 15 is 0 Å². The SMILES string of the molecule is Cc1nc2nc(N)cc(C3Cc4c(CN(C)C5CCC5)cccc4N3)c2[nH]1. The summed E-state index contributed by atoms with van der Waals surface area (Å²) in [6, 6.07) is 9.52. The zero-order valence-electron chi connectivity index (χ0n) is 15.9. The first kappa shape index (κ1) is 16.6. The molecule has 1 aliphatic heterocycles. The number of hydrogen-bond acceptors (Lipinski definition) is 5. The first-order valence-electron chi connectivity index (χ1n) is 9.79. The number of anilines is 2. The van der Waals surface area contributed by atoms with Crippen LogP contribution in [0.1, 0.15) is 47.8 Å². The number of fused-ring (bicyclic) bond motifs is 2. The lowest BCUT2D eigenvalue weighted by Crippen LogP contribution is -2.36. The fraction of sp³-hybridized carbons (Fsp3) is 0.429. The molecule has 5 rings (SSSR count). The third-order valence-electron chi connectivity index (χ3n) is 6.13. The molecule has 2 aliphatic rings. The predicted octanol–water partition coefficient (Wildman–Crippen LogP) is 3.54. The molecule has 0 bridgehead atoms. The molecule has 2 aromatic heterocycles. The molecule has 6 nitrogen and oxygen atoms in total. The number of nitrogen functional groups attached to an aromatic ring is 1. The lowest BCUT2D eigenvalue weighted by atomic mass is 9.91. The molecule has 3 aromatic rings. The first-order valence-corrected chi connectivity index (χ1v) is 9.79. The van der Waals surface area contributed by atoms with Gasteiger partial charge in [-0.15, -0.1) is 0 Å². The summed E-state index contributed by atoms with van der Waals surface area (Å²) in [4.78, 5) is 14.7. The van der Waals surface area contributed by atoms with Crippen LogP contribution in [0.3, 0.4) is 0 Å². The number of imidazole rings is 1. The van der Waals surface area contributed by atoms with E-state index in [1.54, 1.807) is 0 Å². The molecule has 1 aromatic carbocycles. The standard InChI is InChI=1S/C21H26N6/c1-12-23-20-16(10-19(22)26-21(20)24-12)18-9-15-13(5-3-8-17(15)25-18)11-27(2)14-6-4-7-14/h3,5,8,10,14,18,25H,4,6-7,9,11H2,1-2H3,(H3,22,23,24,26). The van der Waals surface area contributed by atoms with Crippen LogP contribution in [0, 0.1) is 6.92 Å². The first-order chi connectivity index (χ1) is 13.1. The maximum Gasteiger partial charge on any atom is 0.180 e. The number of H-pyrrole nitrogens is 1. The van der Waals surface area contributed by atoms with Gasteiger partial charge in [-0.25, -0.2) is 9.97 Å². The molecule has 1 aliphatic carbocycles. The van der Waals surface area contributed by atoms with E-state index in [2.05, 4.69) is 50.4 Å². The second kappa shape index (κ2) is 6.23. The normalized spacial score (nSPS) is 19.3. The zero-order chi connectivity index (χ0) is 18.5. The largest absolute Gasteiger partial charge is 0.384 e. The summed E-state index contributed by atoms with van der Waals surface area (Å²) in [7, 11) is 2.25. The van der Waals surface area contributed by atoms with Crippen LogP contribution in [0.2, 0.25) is 0 Å². The van der Waals surface area contributed by atoms with Gasteiger partial charge in [0.1, 0.15) is 11.6 Å². The number of pyridine rings is 1. The van der Waals surface area contributed by atoms with Crippen molar-refractivity contribution >= 4 is 22.7 Å². The van der Waals surface area contributed by atoms with Gasteiger partial charge < -0.3 is 16.0 Å². The molecule has 4 N–H and O–H groups in total. The summed E-state index contributed by atoms with van der Waals surface area (Å²) in [6.07, 6.45) is 4.99. The van der Waals surface area contributed by atoms with Crippen molar-refractivity contribution in [1.29, 1.82) is 0 Å². The van der Waals surface area contributed by atoms with Gasteiger partial charge in [-0.1, -0.05) is 18.6 Å². The zero-order valence-corrected chi connectivity index (χ0v) is 15.9. The summed E-state index contributed by atoms with van der Waals surface area (Å²) in [6.45, 7) is 2.96. The summed E-state index contributed by atoms with van der Waals surface area (Å²) < 4.78 is 0. The topological polar surface area (TPSA) is 82.9 Å². The molecule has 0 radical (unpaired) electrons. The molecule has 1 saturated carbocycles. The maximum absolute atomic E-state index is 6.06. The van der Waals surface area contributed by atoms with Crippen molar-refractivity contribution in [2.45, 2.75) is 51.2 Å². The van der Waals surface area contributed by atoms with E-state index in [1.165, 1.54) is 36.1 Å². The Morgan fingerprint density at radius 1 is 1.26 bits per heavy atom. The third kappa shape index (κ3) is 2.84. The van der Waals surface area contributed by atoms with Crippen molar-refractivity contribution in [2.24, 2.45) is 0 Å². The number of nitrogens with one attached hydrogen (secondary N) is 2. The van der Waals surface area contributed by atoms with Crippen LogP contribution in [-0.2, 0) is 13.0 Å². The van der Waals surface area contributed by atoms with Gasteiger partial charge in [0.2, 0.25) is 0 Å². The van der Waals surface area contributed by atoms with E-state index in [4.69, 9.17) is 5.73 Å². The number of benzene rings is 1. The lowest BCUT2D eigenvalue weighted by molar-refractivity contribution is 0.152. The van der Waals surface area contributed by atoms with Gasteiger partial charge >= 0.3 is 0 Å². The van der Waals surface area contributed by atoms with Crippen LogP contribution in [0.15, 0.2) is 24.3 Å². The molecule has 6 heteroatoms. The van der Waals surface area contributed by atoms with Gasteiger partial charge in [-0.3, -0.25) is 4.90 Å². The quantitative estimate of drug-likeness (QED) is 0.661. The van der Waals surface area contributed by atoms with Crippen LogP contribution in [-0.4, -0.2) is 32.9 Å². The number of hydrogen-bond donors (Lipinski definition) is 3. The van der Waals surface area contributed by atoms with E-state index in [1.807, 2.05) is 13.0 Å². The van der Waals surface area contributed by atoms with E-state index < -0.39 is 0 Å². The number of nitrogens with zero attached hydrogens (tertiary/aromatic N) is 3. The number of rotatable bonds is 4. The summed E-state index contributed by atoms with van der Waals surface area (Å²) in [5, 5.41) is 3.70. The van der Waals surface area contributed by atoms with Gasteiger partial charge in [-0.05, 0) is 56.5 Å². The Morgan fingerprint density at radius 3 is 2.89 bits per heavy atom. The van der Waals surface area contributed by atoms with Crippen molar-refractivity contribution in [3.8, 4) is 0 Å². The second-order valence-corrected chi connectivity index (χ2v) is 8.00. The molecular formula is C21H26N6. The monoisotopic (exact) mass is 362 g/mol. The minimum atomic E-state index is 0.183. The van der Waals surface area contributed by atoms with Gasteiger partial charge in [0.05, 0.1) is 11.6 Å². The molecule has 1 fully saturated rings. The highest BCUT2D eigenvalue weighted by atomic mass is 15.1. The summed E-state index contributed by atoms with van der Waals surface area (Å²) >= 11 is 0. The Labute approximate surface area is 159 Å². The molecular weight excluding hydrogens is 336 g/mol. The third-order valence-corrected chi connectivity index (χ3v) is 6.13. The Kier molecular flexibility index (Phi) is 3.82. The summed E-state index contributed by atoms with van der Waals surface area (Å²) in [5.74, 6) is 1.38. The number of nitrogens with two attached hydrogens (primary N) is 1. The molecule has 0 saturated heterocycles. The van der Waals surface area contributed by atoms with Gasteiger partial charge in [0, 0.05) is 23.8 Å². The Morgan fingerprint density at radius 2 is 2.11 bits per heavy atom. The molecule has 1 atom stereocenters.